The first-order chi connectivity index (χ1) is 15.3. The molecule has 0 saturated carbocycles. The predicted octanol–water partition coefficient (Wildman–Crippen LogP) is 2.90. The van der Waals surface area contributed by atoms with Crippen LogP contribution in [0.5, 0.6) is 0 Å². The van der Waals surface area contributed by atoms with E-state index in [0.717, 1.165) is 26.2 Å². The van der Waals surface area contributed by atoms with Gasteiger partial charge in [0.2, 0.25) is 0 Å². The number of halogens is 4. The van der Waals surface area contributed by atoms with Crippen molar-refractivity contribution < 1.29 is 33.2 Å². The number of nitrogens with zero attached hydrogens (tertiary/aromatic N) is 3. The quantitative estimate of drug-likeness (QED) is 0.435. The molecule has 0 aliphatic carbocycles. The molecular formula is C20H17BrF3N3O4S. The number of ether oxygens (including phenoxy) is 1. The number of aromatic nitrogens is 3. The van der Waals surface area contributed by atoms with Crippen LogP contribution in [0.4, 0.5) is 13.2 Å². The molecule has 0 amide bonds. The molecule has 4 rings (SSSR count). The summed E-state index contributed by atoms with van der Waals surface area (Å²) in [7, 11) is 0. The minimum atomic E-state index is -1.60. The Morgan fingerprint density at radius 1 is 1.09 bits per heavy atom. The Morgan fingerprint density at radius 3 is 2.47 bits per heavy atom. The lowest BCUT2D eigenvalue weighted by molar-refractivity contribution is -0.178. The molecule has 3 aromatic rings. The summed E-state index contributed by atoms with van der Waals surface area (Å²) >= 11 is 4.56. The summed E-state index contributed by atoms with van der Waals surface area (Å²) in [6, 6.07) is 7.73. The number of rotatable bonds is 5. The third kappa shape index (κ3) is 4.56. The van der Waals surface area contributed by atoms with Gasteiger partial charge < -0.3 is 20.1 Å². The van der Waals surface area contributed by atoms with E-state index >= 15 is 0 Å². The third-order valence-corrected chi connectivity index (χ3v) is 6.63. The van der Waals surface area contributed by atoms with Gasteiger partial charge in [0.1, 0.15) is 35.5 Å². The highest BCUT2D eigenvalue weighted by Gasteiger charge is 2.46. The Bertz CT molecular complexity index is 1100. The van der Waals surface area contributed by atoms with Crippen LogP contribution < -0.4 is 0 Å². The third-order valence-electron chi connectivity index (χ3n) is 4.99. The predicted molar refractivity (Wildman–Crippen MR) is 112 cm³/mol. The van der Waals surface area contributed by atoms with E-state index in [1.165, 1.54) is 18.0 Å². The van der Waals surface area contributed by atoms with E-state index in [1.807, 2.05) is 24.3 Å². The average molecular weight is 532 g/mol. The zero-order chi connectivity index (χ0) is 23.0. The molecule has 12 heteroatoms. The molecule has 1 fully saturated rings. The molecule has 170 valence electrons. The van der Waals surface area contributed by atoms with Crippen LogP contribution in [-0.2, 0) is 4.74 Å². The number of benzene rings is 2. The highest BCUT2D eigenvalue weighted by atomic mass is 79.9. The van der Waals surface area contributed by atoms with E-state index in [1.54, 1.807) is 0 Å². The smallest absolute Gasteiger partial charge is 0.194 e. The summed E-state index contributed by atoms with van der Waals surface area (Å²) in [6.45, 7) is -0.518. The van der Waals surface area contributed by atoms with Gasteiger partial charge in [-0.3, -0.25) is 0 Å². The van der Waals surface area contributed by atoms with Crippen LogP contribution in [0, 0.1) is 17.5 Å². The highest BCUT2D eigenvalue weighted by molar-refractivity contribution is 9.10. The second-order valence-electron chi connectivity index (χ2n) is 7.11. The van der Waals surface area contributed by atoms with Gasteiger partial charge in [-0.1, -0.05) is 39.0 Å². The van der Waals surface area contributed by atoms with E-state index < -0.39 is 53.8 Å². The molecule has 1 saturated heterocycles. The average Bonchev–Trinajstić information content (AvgIpc) is 3.23. The summed E-state index contributed by atoms with van der Waals surface area (Å²) in [5, 5.41) is 39.0. The minimum Gasteiger partial charge on any atom is -0.394 e. The van der Waals surface area contributed by atoms with Crippen LogP contribution in [0.15, 0.2) is 52.0 Å². The van der Waals surface area contributed by atoms with Gasteiger partial charge in [-0.25, -0.2) is 17.9 Å². The van der Waals surface area contributed by atoms with Gasteiger partial charge in [0.15, 0.2) is 17.5 Å². The second kappa shape index (κ2) is 9.49. The zero-order valence-corrected chi connectivity index (χ0v) is 18.5. The fourth-order valence-corrected chi connectivity index (χ4v) is 5.08. The molecule has 0 spiro atoms. The monoisotopic (exact) mass is 531 g/mol. The SMILES string of the molecule is OC[C@H]1O[C@H](Sc2cccc(Br)c2)[C@H](O)[C@@H](n2cc(-c3cc(F)c(F)c(F)c3)nn2)[C@H]1O. The topological polar surface area (TPSA) is 101 Å². The van der Waals surface area contributed by atoms with Crippen molar-refractivity contribution in [2.24, 2.45) is 0 Å². The van der Waals surface area contributed by atoms with Crippen molar-refractivity contribution in [3.8, 4) is 11.3 Å². The summed E-state index contributed by atoms with van der Waals surface area (Å²) in [5.74, 6) is -4.37. The molecule has 1 aromatic heterocycles. The van der Waals surface area contributed by atoms with Crippen molar-refractivity contribution in [2.75, 3.05) is 6.61 Å². The lowest BCUT2D eigenvalue weighted by Gasteiger charge is -2.41. The van der Waals surface area contributed by atoms with Crippen LogP contribution in [0.25, 0.3) is 11.3 Å². The summed E-state index contributed by atoms with van der Waals surface area (Å²) in [4.78, 5) is 0.770. The van der Waals surface area contributed by atoms with Gasteiger partial charge in [0.05, 0.1) is 12.8 Å². The fourth-order valence-electron chi connectivity index (χ4n) is 3.41. The van der Waals surface area contributed by atoms with Crippen molar-refractivity contribution in [2.45, 2.75) is 34.7 Å². The Hall–Kier alpha value is -1.96. The Labute approximate surface area is 193 Å². The first-order valence-electron chi connectivity index (χ1n) is 9.40. The number of thioether (sulfide) groups is 1. The summed E-state index contributed by atoms with van der Waals surface area (Å²) < 4.78 is 48.1. The molecule has 3 N–H and O–H groups in total. The highest BCUT2D eigenvalue weighted by Crippen LogP contribution is 2.38. The molecule has 0 unspecified atom stereocenters. The van der Waals surface area contributed by atoms with E-state index in [2.05, 4.69) is 26.2 Å². The minimum absolute atomic E-state index is 0.00503. The number of aliphatic hydroxyl groups is 3. The maximum absolute atomic E-state index is 13.6. The standard InChI is InChI=1S/C20H17BrF3N3O4S/c21-10-2-1-3-11(6-10)32-20-19(30)17(18(29)15(8-28)31-20)27-7-14(25-26-27)9-4-12(22)16(24)13(23)5-9/h1-7,15,17-20,28-30H,8H2/t15-,17+,18+,19-,20-/m1/s1. The number of hydrogen-bond acceptors (Lipinski definition) is 7. The molecule has 0 radical (unpaired) electrons. The Kier molecular flexibility index (Phi) is 6.89. The normalized spacial score (nSPS) is 25.8. The molecule has 1 aliphatic rings. The van der Waals surface area contributed by atoms with E-state index in [4.69, 9.17) is 4.74 Å². The second-order valence-corrected chi connectivity index (χ2v) is 9.20. The van der Waals surface area contributed by atoms with E-state index in [0.29, 0.717) is 0 Å². The van der Waals surface area contributed by atoms with Crippen molar-refractivity contribution >= 4 is 27.7 Å². The van der Waals surface area contributed by atoms with E-state index in [9.17, 15) is 28.5 Å². The first-order valence-corrected chi connectivity index (χ1v) is 11.1. The van der Waals surface area contributed by atoms with Crippen molar-refractivity contribution in [1.29, 1.82) is 0 Å². The molecule has 32 heavy (non-hydrogen) atoms. The molecule has 1 aliphatic heterocycles. The van der Waals surface area contributed by atoms with Gasteiger partial charge in [-0.2, -0.15) is 0 Å². The van der Waals surface area contributed by atoms with Crippen molar-refractivity contribution in [3.05, 3.63) is 64.5 Å². The zero-order valence-electron chi connectivity index (χ0n) is 16.1. The molecular weight excluding hydrogens is 515 g/mol. The Balaban J connectivity index is 1.64. The van der Waals surface area contributed by atoms with Crippen LogP contribution in [0.1, 0.15) is 6.04 Å². The first kappa shape index (κ1) is 23.2. The van der Waals surface area contributed by atoms with Gasteiger partial charge in [0, 0.05) is 14.9 Å². The van der Waals surface area contributed by atoms with Crippen LogP contribution >= 0.6 is 27.7 Å². The van der Waals surface area contributed by atoms with Gasteiger partial charge >= 0.3 is 0 Å². The lowest BCUT2D eigenvalue weighted by atomic mass is 9.97. The fraction of sp³-hybridized carbons (Fsp3) is 0.300. The summed E-state index contributed by atoms with van der Waals surface area (Å²) in [6.07, 6.45) is -2.40. The largest absolute Gasteiger partial charge is 0.394 e. The molecule has 5 atom stereocenters. The van der Waals surface area contributed by atoms with E-state index in [-0.39, 0.29) is 11.3 Å². The van der Waals surface area contributed by atoms with Crippen molar-refractivity contribution in [1.82, 2.24) is 15.0 Å². The van der Waals surface area contributed by atoms with Crippen LogP contribution in [-0.4, -0.2) is 60.7 Å². The molecule has 2 aromatic carbocycles. The van der Waals surface area contributed by atoms with Crippen molar-refractivity contribution in [3.63, 3.8) is 0 Å². The molecule has 0 bridgehead atoms. The lowest BCUT2D eigenvalue weighted by Crippen LogP contribution is -2.55. The summed E-state index contributed by atoms with van der Waals surface area (Å²) in [5.41, 5.74) is -0.934. The van der Waals surface area contributed by atoms with Gasteiger partial charge in [0.25, 0.3) is 0 Å². The maximum Gasteiger partial charge on any atom is 0.194 e. The van der Waals surface area contributed by atoms with Crippen LogP contribution in [0.3, 0.4) is 0 Å². The molecule has 7 nitrogen and oxygen atoms in total. The number of aliphatic hydroxyl groups excluding tert-OH is 3. The van der Waals surface area contributed by atoms with Gasteiger partial charge in [-0.15, -0.1) is 5.10 Å². The van der Waals surface area contributed by atoms with Crippen LogP contribution in [0.2, 0.25) is 0 Å². The maximum atomic E-state index is 13.6. The Morgan fingerprint density at radius 2 is 1.81 bits per heavy atom. The molecule has 2 heterocycles. The van der Waals surface area contributed by atoms with Gasteiger partial charge in [-0.05, 0) is 30.3 Å². The number of hydrogen-bond donors (Lipinski definition) is 3.